The molecular formula is C7H10N6. The lowest BCUT2D eigenvalue weighted by Crippen LogP contribution is -2.07. The molecule has 0 spiro atoms. The van der Waals surface area contributed by atoms with Gasteiger partial charge in [0, 0.05) is 21.1 Å². The number of nitrogens with zero attached hydrogens (tertiary/aromatic N) is 6. The Balaban J connectivity index is 3.00. The summed E-state index contributed by atoms with van der Waals surface area (Å²) in [4.78, 5) is 5.82. The van der Waals surface area contributed by atoms with Crippen molar-refractivity contribution < 1.29 is 0 Å². The number of aliphatic imine (C=N–C) groups is 1. The van der Waals surface area contributed by atoms with Gasteiger partial charge in [0.2, 0.25) is 5.69 Å². The highest BCUT2D eigenvalue weighted by molar-refractivity contribution is 5.61. The maximum absolute atomic E-state index is 8.64. The van der Waals surface area contributed by atoms with Gasteiger partial charge in [0.15, 0.2) is 5.82 Å². The van der Waals surface area contributed by atoms with Gasteiger partial charge in [-0.1, -0.05) is 5.21 Å². The van der Waals surface area contributed by atoms with Crippen LogP contribution in [0.3, 0.4) is 0 Å². The van der Waals surface area contributed by atoms with E-state index in [1.54, 1.807) is 18.3 Å². The quantitative estimate of drug-likeness (QED) is 0.468. The minimum absolute atomic E-state index is 0.237. The fraction of sp³-hybridized carbons (Fsp3) is 0.429. The Morgan fingerprint density at radius 3 is 2.85 bits per heavy atom. The molecule has 0 amide bonds. The zero-order valence-electron chi connectivity index (χ0n) is 7.76. The molecule has 0 aliphatic carbocycles. The van der Waals surface area contributed by atoms with Crippen LogP contribution in [0.2, 0.25) is 0 Å². The van der Waals surface area contributed by atoms with Crippen molar-refractivity contribution in [2.45, 2.75) is 0 Å². The molecule has 0 atom stereocenters. The monoisotopic (exact) mass is 178 g/mol. The van der Waals surface area contributed by atoms with Crippen LogP contribution < -0.4 is 0 Å². The zero-order chi connectivity index (χ0) is 9.84. The largest absolute Gasteiger partial charge is 0.369 e. The Hall–Kier alpha value is -1.90. The molecule has 1 aromatic rings. The topological polar surface area (TPSA) is 70.1 Å². The predicted octanol–water partition coefficient (Wildman–Crippen LogP) is -0.0918. The van der Waals surface area contributed by atoms with Crippen molar-refractivity contribution in [3.8, 4) is 6.07 Å². The molecule has 0 saturated carbocycles. The third-order valence-corrected chi connectivity index (χ3v) is 1.31. The van der Waals surface area contributed by atoms with Gasteiger partial charge in [-0.3, -0.25) is 0 Å². The van der Waals surface area contributed by atoms with E-state index in [-0.39, 0.29) is 5.69 Å². The van der Waals surface area contributed by atoms with Crippen LogP contribution in [-0.2, 0) is 7.05 Å². The van der Waals surface area contributed by atoms with Crippen molar-refractivity contribution in [3.63, 3.8) is 0 Å². The minimum atomic E-state index is 0.237. The molecule has 0 aliphatic rings. The second-order valence-corrected chi connectivity index (χ2v) is 2.71. The SMILES string of the molecule is CN(C)C=Nc1c(C#N)nnn1C. The third-order valence-electron chi connectivity index (χ3n) is 1.31. The number of hydrogen-bond donors (Lipinski definition) is 0. The molecule has 0 N–H and O–H groups in total. The molecule has 0 bridgehead atoms. The third kappa shape index (κ3) is 2.02. The van der Waals surface area contributed by atoms with E-state index in [9.17, 15) is 0 Å². The summed E-state index contributed by atoms with van der Waals surface area (Å²) in [6.07, 6.45) is 1.60. The summed E-state index contributed by atoms with van der Waals surface area (Å²) in [5.41, 5.74) is 0.237. The van der Waals surface area contributed by atoms with Crippen LogP contribution in [0.4, 0.5) is 5.82 Å². The standard InChI is InChI=1S/C7H10N6/c1-12(2)5-9-7-6(4-8)10-11-13(7)3/h5H,1-3H3. The summed E-state index contributed by atoms with van der Waals surface area (Å²) in [6, 6.07) is 1.91. The van der Waals surface area contributed by atoms with Gasteiger partial charge in [-0.25, -0.2) is 9.67 Å². The van der Waals surface area contributed by atoms with Gasteiger partial charge in [-0.05, 0) is 0 Å². The normalized spacial score (nSPS) is 10.3. The van der Waals surface area contributed by atoms with Gasteiger partial charge in [0.25, 0.3) is 0 Å². The number of nitriles is 1. The molecule has 1 heterocycles. The molecule has 0 fully saturated rings. The van der Waals surface area contributed by atoms with E-state index in [0.29, 0.717) is 5.82 Å². The first-order chi connectivity index (χ1) is 6.15. The number of aromatic nitrogens is 3. The molecule has 13 heavy (non-hydrogen) atoms. The summed E-state index contributed by atoms with van der Waals surface area (Å²) in [6.45, 7) is 0. The second-order valence-electron chi connectivity index (χ2n) is 2.71. The van der Waals surface area contributed by atoms with Gasteiger partial charge in [-0.2, -0.15) is 5.26 Å². The van der Waals surface area contributed by atoms with Crippen LogP contribution in [0.5, 0.6) is 0 Å². The van der Waals surface area contributed by atoms with Gasteiger partial charge >= 0.3 is 0 Å². The molecular weight excluding hydrogens is 168 g/mol. The summed E-state index contributed by atoms with van der Waals surface area (Å²) < 4.78 is 1.46. The Labute approximate surface area is 76.1 Å². The summed E-state index contributed by atoms with van der Waals surface area (Å²) in [7, 11) is 5.38. The van der Waals surface area contributed by atoms with Crippen molar-refractivity contribution in [3.05, 3.63) is 5.69 Å². The second kappa shape index (κ2) is 3.67. The fourth-order valence-corrected chi connectivity index (χ4v) is 0.739. The number of aryl methyl sites for hydroxylation is 1. The van der Waals surface area contributed by atoms with Crippen molar-refractivity contribution in [1.82, 2.24) is 19.9 Å². The van der Waals surface area contributed by atoms with E-state index in [2.05, 4.69) is 15.3 Å². The predicted molar refractivity (Wildman–Crippen MR) is 47.6 cm³/mol. The number of rotatable bonds is 2. The first-order valence-electron chi connectivity index (χ1n) is 3.65. The summed E-state index contributed by atoms with van der Waals surface area (Å²) >= 11 is 0. The summed E-state index contributed by atoms with van der Waals surface area (Å²) in [5, 5.41) is 16.0. The molecule has 6 nitrogen and oxygen atoms in total. The van der Waals surface area contributed by atoms with Gasteiger partial charge in [0.05, 0.1) is 6.34 Å². The van der Waals surface area contributed by atoms with Crippen LogP contribution in [0.15, 0.2) is 4.99 Å². The van der Waals surface area contributed by atoms with E-state index in [0.717, 1.165) is 0 Å². The lowest BCUT2D eigenvalue weighted by atomic mass is 10.5. The Morgan fingerprint density at radius 2 is 2.31 bits per heavy atom. The Morgan fingerprint density at radius 1 is 1.62 bits per heavy atom. The Kier molecular flexibility index (Phi) is 2.59. The molecule has 0 radical (unpaired) electrons. The first kappa shape index (κ1) is 9.19. The van der Waals surface area contributed by atoms with Crippen molar-refractivity contribution in [2.24, 2.45) is 12.0 Å². The maximum atomic E-state index is 8.64. The van der Waals surface area contributed by atoms with Gasteiger partial charge in [-0.15, -0.1) is 5.10 Å². The van der Waals surface area contributed by atoms with Crippen molar-refractivity contribution >= 4 is 12.2 Å². The van der Waals surface area contributed by atoms with Gasteiger partial charge < -0.3 is 4.90 Å². The molecule has 6 heteroatoms. The average Bonchev–Trinajstić information content (AvgIpc) is 2.43. The summed E-state index contributed by atoms with van der Waals surface area (Å²) in [5.74, 6) is 0.469. The lowest BCUT2D eigenvalue weighted by Gasteiger charge is -2.01. The van der Waals surface area contributed by atoms with Crippen LogP contribution in [-0.4, -0.2) is 40.3 Å². The molecule has 1 rings (SSSR count). The maximum Gasteiger partial charge on any atom is 0.208 e. The van der Waals surface area contributed by atoms with E-state index >= 15 is 0 Å². The van der Waals surface area contributed by atoms with Gasteiger partial charge in [0.1, 0.15) is 6.07 Å². The fourth-order valence-electron chi connectivity index (χ4n) is 0.739. The molecule has 0 saturated heterocycles. The highest BCUT2D eigenvalue weighted by atomic mass is 15.4. The van der Waals surface area contributed by atoms with Crippen LogP contribution in [0.25, 0.3) is 0 Å². The molecule has 0 unspecified atom stereocenters. The van der Waals surface area contributed by atoms with E-state index < -0.39 is 0 Å². The first-order valence-corrected chi connectivity index (χ1v) is 3.65. The molecule has 68 valence electrons. The molecule has 1 aromatic heterocycles. The number of hydrogen-bond acceptors (Lipinski definition) is 4. The average molecular weight is 178 g/mol. The van der Waals surface area contributed by atoms with Crippen LogP contribution in [0.1, 0.15) is 5.69 Å². The highest BCUT2D eigenvalue weighted by Crippen LogP contribution is 2.12. The van der Waals surface area contributed by atoms with Crippen LogP contribution >= 0.6 is 0 Å². The van der Waals surface area contributed by atoms with Crippen molar-refractivity contribution in [1.29, 1.82) is 5.26 Å². The zero-order valence-corrected chi connectivity index (χ0v) is 7.76. The van der Waals surface area contributed by atoms with E-state index in [1.165, 1.54) is 4.68 Å². The highest BCUT2D eigenvalue weighted by Gasteiger charge is 2.07. The minimum Gasteiger partial charge on any atom is -0.369 e. The Bertz CT molecular complexity index is 356. The molecule has 0 aromatic carbocycles. The lowest BCUT2D eigenvalue weighted by molar-refractivity contribution is 0.641. The van der Waals surface area contributed by atoms with Crippen LogP contribution in [0, 0.1) is 11.3 Å². The van der Waals surface area contributed by atoms with E-state index in [1.807, 2.05) is 20.2 Å². The smallest absolute Gasteiger partial charge is 0.208 e. The molecule has 0 aliphatic heterocycles. The van der Waals surface area contributed by atoms with Crippen molar-refractivity contribution in [2.75, 3.05) is 14.1 Å². The van der Waals surface area contributed by atoms with E-state index in [4.69, 9.17) is 5.26 Å².